The van der Waals surface area contributed by atoms with Gasteiger partial charge in [0.15, 0.2) is 5.82 Å². The molecule has 96 valence electrons. The highest BCUT2D eigenvalue weighted by molar-refractivity contribution is 9.10. The maximum Gasteiger partial charge on any atom is 0.258 e. The molecule has 0 unspecified atom stereocenters. The van der Waals surface area contributed by atoms with Crippen LogP contribution >= 0.6 is 15.9 Å². The summed E-state index contributed by atoms with van der Waals surface area (Å²) in [5.41, 5.74) is 6.63. The smallest absolute Gasteiger partial charge is 0.258 e. The molecule has 0 atom stereocenters. The first kappa shape index (κ1) is 13.2. The molecule has 2 N–H and O–H groups in total. The van der Waals surface area contributed by atoms with Crippen LogP contribution in [-0.4, -0.2) is 10.1 Å². The minimum Gasteiger partial charge on any atom is -0.334 e. The maximum absolute atomic E-state index is 6.24. The van der Waals surface area contributed by atoms with Crippen molar-refractivity contribution in [2.45, 2.75) is 32.2 Å². The predicted octanol–water partition coefficient (Wildman–Crippen LogP) is 3.47. The zero-order valence-corrected chi connectivity index (χ0v) is 12.1. The van der Waals surface area contributed by atoms with E-state index in [2.05, 4.69) is 26.1 Å². The number of nitrogens with zero attached hydrogens (tertiary/aromatic N) is 2. The Morgan fingerprint density at radius 1 is 1.33 bits per heavy atom. The van der Waals surface area contributed by atoms with Gasteiger partial charge in [-0.1, -0.05) is 41.0 Å². The number of benzene rings is 1. The van der Waals surface area contributed by atoms with E-state index in [1.54, 1.807) is 0 Å². The molecular weight excluding hydrogens is 294 g/mol. The van der Waals surface area contributed by atoms with Gasteiger partial charge < -0.3 is 10.3 Å². The molecule has 1 heterocycles. The average Bonchev–Trinajstić information content (AvgIpc) is 2.88. The van der Waals surface area contributed by atoms with Crippen molar-refractivity contribution in [2.24, 2.45) is 5.73 Å². The fraction of sp³-hybridized carbons (Fsp3) is 0.385. The molecular formula is C13H16BrN3O. The molecule has 1 aromatic carbocycles. The van der Waals surface area contributed by atoms with Crippen molar-refractivity contribution in [3.05, 3.63) is 34.6 Å². The average molecular weight is 310 g/mol. The van der Waals surface area contributed by atoms with Crippen molar-refractivity contribution in [3.8, 4) is 11.5 Å². The van der Waals surface area contributed by atoms with Crippen LogP contribution in [0, 0.1) is 0 Å². The molecule has 2 aromatic rings. The molecule has 0 aliphatic rings. The van der Waals surface area contributed by atoms with Gasteiger partial charge in [-0.2, -0.15) is 4.98 Å². The van der Waals surface area contributed by atoms with E-state index >= 15 is 0 Å². The molecule has 0 bridgehead atoms. The Morgan fingerprint density at radius 3 is 2.67 bits per heavy atom. The van der Waals surface area contributed by atoms with Gasteiger partial charge in [0.05, 0.1) is 5.54 Å². The molecule has 2 rings (SSSR count). The van der Waals surface area contributed by atoms with Crippen molar-refractivity contribution in [1.82, 2.24) is 10.1 Å². The Labute approximate surface area is 115 Å². The molecule has 0 radical (unpaired) electrons. The molecule has 1 aromatic heterocycles. The molecule has 0 aliphatic carbocycles. The van der Waals surface area contributed by atoms with Crippen LogP contribution in [0.4, 0.5) is 0 Å². The molecule has 0 spiro atoms. The van der Waals surface area contributed by atoms with E-state index in [0.717, 1.165) is 22.9 Å². The molecule has 0 fully saturated rings. The second kappa shape index (κ2) is 5.20. The van der Waals surface area contributed by atoms with Gasteiger partial charge in [0.25, 0.3) is 5.89 Å². The lowest BCUT2D eigenvalue weighted by Crippen LogP contribution is -2.36. The monoisotopic (exact) mass is 309 g/mol. The first-order valence-electron chi connectivity index (χ1n) is 5.98. The van der Waals surface area contributed by atoms with Crippen LogP contribution in [0.2, 0.25) is 0 Å². The van der Waals surface area contributed by atoms with Crippen molar-refractivity contribution < 1.29 is 4.52 Å². The number of aromatic nitrogens is 2. The summed E-state index contributed by atoms with van der Waals surface area (Å²) in [4.78, 5) is 4.41. The molecule has 0 amide bonds. The third-order valence-electron chi connectivity index (χ3n) is 3.20. The number of rotatable bonds is 4. The van der Waals surface area contributed by atoms with Crippen molar-refractivity contribution in [3.63, 3.8) is 0 Å². The highest BCUT2D eigenvalue weighted by atomic mass is 79.9. The molecule has 18 heavy (non-hydrogen) atoms. The highest BCUT2D eigenvalue weighted by Crippen LogP contribution is 2.27. The van der Waals surface area contributed by atoms with E-state index in [1.807, 2.05) is 38.1 Å². The summed E-state index contributed by atoms with van der Waals surface area (Å²) in [5, 5.41) is 4.01. The van der Waals surface area contributed by atoms with Gasteiger partial charge in [-0.25, -0.2) is 0 Å². The minimum atomic E-state index is -0.506. The summed E-state index contributed by atoms with van der Waals surface area (Å²) in [7, 11) is 0. The third kappa shape index (κ3) is 2.47. The summed E-state index contributed by atoms with van der Waals surface area (Å²) in [5.74, 6) is 1.07. The van der Waals surface area contributed by atoms with Gasteiger partial charge >= 0.3 is 0 Å². The number of halogens is 1. The van der Waals surface area contributed by atoms with E-state index in [9.17, 15) is 0 Å². The number of hydrogen-bond donors (Lipinski definition) is 1. The normalized spacial score (nSPS) is 11.8. The fourth-order valence-corrected chi connectivity index (χ4v) is 2.13. The Hall–Kier alpha value is -1.20. The van der Waals surface area contributed by atoms with E-state index in [1.165, 1.54) is 0 Å². The Kier molecular flexibility index (Phi) is 3.82. The van der Waals surface area contributed by atoms with Crippen molar-refractivity contribution >= 4 is 15.9 Å². The summed E-state index contributed by atoms with van der Waals surface area (Å²) in [6.07, 6.45) is 1.56. The van der Waals surface area contributed by atoms with Gasteiger partial charge in [0, 0.05) is 10.0 Å². The zero-order chi connectivity index (χ0) is 13.2. The second-order valence-electron chi connectivity index (χ2n) is 4.30. The zero-order valence-electron chi connectivity index (χ0n) is 10.5. The summed E-state index contributed by atoms with van der Waals surface area (Å²) in [6, 6.07) is 7.75. The van der Waals surface area contributed by atoms with Crippen molar-refractivity contribution in [2.75, 3.05) is 0 Å². The summed E-state index contributed by atoms with van der Waals surface area (Å²) in [6.45, 7) is 4.05. The first-order valence-corrected chi connectivity index (χ1v) is 6.77. The summed E-state index contributed by atoms with van der Waals surface area (Å²) < 4.78 is 6.27. The highest BCUT2D eigenvalue weighted by Gasteiger charge is 2.29. The third-order valence-corrected chi connectivity index (χ3v) is 3.70. The Balaban J connectivity index is 2.36. The van der Waals surface area contributed by atoms with E-state index < -0.39 is 5.54 Å². The van der Waals surface area contributed by atoms with Gasteiger partial charge in [0.2, 0.25) is 0 Å². The molecule has 0 saturated heterocycles. The van der Waals surface area contributed by atoms with Crippen LogP contribution in [0.5, 0.6) is 0 Å². The number of hydrogen-bond acceptors (Lipinski definition) is 4. The SMILES string of the molecule is CCC(N)(CC)c1noc(-c2cccc(Br)c2)n1. The Morgan fingerprint density at radius 2 is 2.06 bits per heavy atom. The lowest BCUT2D eigenvalue weighted by atomic mass is 9.93. The molecule has 0 aliphatic heterocycles. The molecule has 5 heteroatoms. The van der Waals surface area contributed by atoms with E-state index in [4.69, 9.17) is 10.3 Å². The maximum atomic E-state index is 6.24. The first-order chi connectivity index (χ1) is 8.59. The lowest BCUT2D eigenvalue weighted by molar-refractivity contribution is 0.350. The largest absolute Gasteiger partial charge is 0.334 e. The minimum absolute atomic E-state index is 0.503. The number of nitrogens with two attached hydrogens (primary N) is 1. The molecule has 4 nitrogen and oxygen atoms in total. The quantitative estimate of drug-likeness (QED) is 0.939. The van der Waals surface area contributed by atoms with Crippen LogP contribution in [-0.2, 0) is 5.54 Å². The van der Waals surface area contributed by atoms with Gasteiger partial charge in [-0.05, 0) is 31.0 Å². The van der Waals surface area contributed by atoms with Crippen LogP contribution in [0.3, 0.4) is 0 Å². The molecule has 0 saturated carbocycles. The lowest BCUT2D eigenvalue weighted by Gasteiger charge is -2.21. The van der Waals surface area contributed by atoms with Gasteiger partial charge in [0.1, 0.15) is 0 Å². The van der Waals surface area contributed by atoms with Gasteiger partial charge in [-0.3, -0.25) is 0 Å². The van der Waals surface area contributed by atoms with E-state index in [0.29, 0.717) is 11.7 Å². The van der Waals surface area contributed by atoms with Crippen LogP contribution in [0.15, 0.2) is 33.3 Å². The second-order valence-corrected chi connectivity index (χ2v) is 5.21. The van der Waals surface area contributed by atoms with Crippen LogP contribution in [0.25, 0.3) is 11.5 Å². The standard InChI is InChI=1S/C13H16BrN3O/c1-3-13(15,4-2)12-16-11(18-17-12)9-6-5-7-10(14)8-9/h5-8H,3-4,15H2,1-2H3. The predicted molar refractivity (Wildman–Crippen MR) is 73.9 cm³/mol. The van der Waals surface area contributed by atoms with Crippen LogP contribution in [0.1, 0.15) is 32.5 Å². The summed E-state index contributed by atoms with van der Waals surface area (Å²) >= 11 is 3.42. The Bertz CT molecular complexity index is 535. The van der Waals surface area contributed by atoms with Gasteiger partial charge in [-0.15, -0.1) is 0 Å². The topological polar surface area (TPSA) is 64.9 Å². The van der Waals surface area contributed by atoms with Crippen LogP contribution < -0.4 is 5.73 Å². The van der Waals surface area contributed by atoms with Crippen molar-refractivity contribution in [1.29, 1.82) is 0 Å². The fourth-order valence-electron chi connectivity index (χ4n) is 1.73. The van der Waals surface area contributed by atoms with E-state index in [-0.39, 0.29) is 0 Å².